The Hall–Kier alpha value is -1.44. The highest BCUT2D eigenvalue weighted by Crippen LogP contribution is 2.23. The lowest BCUT2D eigenvalue weighted by molar-refractivity contribution is -0.123. The Morgan fingerprint density at radius 3 is 2.27 bits per heavy atom. The van der Waals surface area contributed by atoms with Gasteiger partial charge in [0.1, 0.15) is 0 Å². The standard InChI is InChI=1S/C19H29N3O3S/c1-16-7-9-17(10-8-16)20-19(23)15-21-11-13-22(14-12-21)26(24,25)18-5-3-2-4-6-18/h2-6,16-17H,7-15H2,1H3,(H,20,23). The number of piperazine rings is 1. The average Bonchev–Trinajstić information content (AvgIpc) is 2.65. The molecule has 1 aromatic carbocycles. The smallest absolute Gasteiger partial charge is 0.243 e. The summed E-state index contributed by atoms with van der Waals surface area (Å²) < 4.78 is 26.8. The summed E-state index contributed by atoms with van der Waals surface area (Å²) in [5.74, 6) is 0.826. The molecular formula is C19H29N3O3S. The minimum Gasteiger partial charge on any atom is -0.352 e. The van der Waals surface area contributed by atoms with Crippen molar-refractivity contribution in [1.82, 2.24) is 14.5 Å². The van der Waals surface area contributed by atoms with E-state index in [1.54, 1.807) is 24.3 Å². The molecule has 144 valence electrons. The Bertz CT molecular complexity index is 692. The van der Waals surface area contributed by atoms with Crippen LogP contribution >= 0.6 is 0 Å². The van der Waals surface area contributed by atoms with E-state index in [-0.39, 0.29) is 5.91 Å². The maximum Gasteiger partial charge on any atom is 0.243 e. The fourth-order valence-corrected chi connectivity index (χ4v) is 5.19. The highest BCUT2D eigenvalue weighted by atomic mass is 32.2. The number of sulfonamides is 1. The van der Waals surface area contributed by atoms with E-state index in [1.165, 1.54) is 17.1 Å². The van der Waals surface area contributed by atoms with Gasteiger partial charge < -0.3 is 5.32 Å². The van der Waals surface area contributed by atoms with E-state index in [0.29, 0.717) is 43.7 Å². The van der Waals surface area contributed by atoms with Gasteiger partial charge in [-0.25, -0.2) is 8.42 Å². The zero-order valence-corrected chi connectivity index (χ0v) is 16.2. The van der Waals surface area contributed by atoms with Crippen molar-refractivity contribution in [2.75, 3.05) is 32.7 Å². The molecule has 6 nitrogen and oxygen atoms in total. The topological polar surface area (TPSA) is 69.7 Å². The van der Waals surface area contributed by atoms with E-state index in [4.69, 9.17) is 0 Å². The molecule has 0 aromatic heterocycles. The summed E-state index contributed by atoms with van der Waals surface area (Å²) in [5.41, 5.74) is 0. The summed E-state index contributed by atoms with van der Waals surface area (Å²) in [6.45, 7) is 4.63. The molecule has 2 aliphatic rings. The van der Waals surface area contributed by atoms with Crippen LogP contribution in [-0.2, 0) is 14.8 Å². The van der Waals surface area contributed by atoms with Crippen molar-refractivity contribution in [2.24, 2.45) is 5.92 Å². The third-order valence-corrected chi connectivity index (χ3v) is 7.37. The summed E-state index contributed by atoms with van der Waals surface area (Å²) in [7, 11) is -3.44. The molecule has 0 unspecified atom stereocenters. The van der Waals surface area contributed by atoms with Crippen LogP contribution in [0.1, 0.15) is 32.6 Å². The van der Waals surface area contributed by atoms with Gasteiger partial charge in [0, 0.05) is 32.2 Å². The Labute approximate surface area is 156 Å². The van der Waals surface area contributed by atoms with Crippen LogP contribution in [0.3, 0.4) is 0 Å². The number of hydrogen-bond donors (Lipinski definition) is 1. The van der Waals surface area contributed by atoms with Crippen LogP contribution in [0.25, 0.3) is 0 Å². The second-order valence-corrected chi connectivity index (χ2v) is 9.46. The van der Waals surface area contributed by atoms with Crippen LogP contribution in [0.5, 0.6) is 0 Å². The molecule has 1 aromatic rings. The molecule has 1 aliphatic heterocycles. The first-order chi connectivity index (χ1) is 12.4. The van der Waals surface area contributed by atoms with Crippen LogP contribution in [0, 0.1) is 5.92 Å². The van der Waals surface area contributed by atoms with Crippen LogP contribution < -0.4 is 5.32 Å². The van der Waals surface area contributed by atoms with Gasteiger partial charge in [0.05, 0.1) is 11.4 Å². The van der Waals surface area contributed by atoms with E-state index >= 15 is 0 Å². The van der Waals surface area contributed by atoms with E-state index < -0.39 is 10.0 Å². The number of rotatable bonds is 5. The molecule has 0 spiro atoms. The summed E-state index contributed by atoms with van der Waals surface area (Å²) >= 11 is 0. The maximum atomic E-state index is 12.6. The minimum atomic E-state index is -3.44. The highest BCUT2D eigenvalue weighted by molar-refractivity contribution is 7.89. The predicted octanol–water partition coefficient (Wildman–Crippen LogP) is 1.69. The zero-order chi connectivity index (χ0) is 18.6. The second-order valence-electron chi connectivity index (χ2n) is 7.52. The van der Waals surface area contributed by atoms with Gasteiger partial charge in [0.25, 0.3) is 0 Å². The lowest BCUT2D eigenvalue weighted by Crippen LogP contribution is -2.52. The van der Waals surface area contributed by atoms with Crippen LogP contribution in [-0.4, -0.2) is 62.3 Å². The van der Waals surface area contributed by atoms with Gasteiger partial charge in [-0.05, 0) is 43.7 Å². The molecule has 1 N–H and O–H groups in total. The molecule has 1 aliphatic carbocycles. The number of amides is 1. The van der Waals surface area contributed by atoms with Gasteiger partial charge in [-0.15, -0.1) is 0 Å². The molecule has 1 saturated carbocycles. The fourth-order valence-electron chi connectivity index (χ4n) is 3.75. The van der Waals surface area contributed by atoms with Gasteiger partial charge in [-0.2, -0.15) is 4.31 Å². The van der Waals surface area contributed by atoms with Gasteiger partial charge in [-0.3, -0.25) is 9.69 Å². The van der Waals surface area contributed by atoms with Gasteiger partial charge in [0.15, 0.2) is 0 Å². The first-order valence-corrected chi connectivity index (χ1v) is 11.0. The predicted molar refractivity (Wildman–Crippen MR) is 101 cm³/mol. The molecule has 3 rings (SSSR count). The highest BCUT2D eigenvalue weighted by Gasteiger charge is 2.29. The first kappa shape index (κ1) is 19.3. The Kier molecular flexibility index (Phi) is 6.32. The molecule has 0 bridgehead atoms. The number of carbonyl (C=O) groups is 1. The number of hydrogen-bond acceptors (Lipinski definition) is 4. The van der Waals surface area contributed by atoms with Gasteiger partial charge in [-0.1, -0.05) is 25.1 Å². The average molecular weight is 380 g/mol. The SMILES string of the molecule is CC1CCC(NC(=O)CN2CCN(S(=O)(=O)c3ccccc3)CC2)CC1. The molecule has 0 radical (unpaired) electrons. The summed E-state index contributed by atoms with van der Waals surface area (Å²) in [4.78, 5) is 14.6. The third kappa shape index (κ3) is 4.84. The quantitative estimate of drug-likeness (QED) is 0.845. The zero-order valence-electron chi connectivity index (χ0n) is 15.4. The van der Waals surface area contributed by atoms with E-state index in [2.05, 4.69) is 12.2 Å². The summed E-state index contributed by atoms with van der Waals surface area (Å²) in [5, 5.41) is 3.14. The second kappa shape index (κ2) is 8.50. The van der Waals surface area contributed by atoms with Crippen molar-refractivity contribution < 1.29 is 13.2 Å². The Balaban J connectivity index is 1.46. The van der Waals surface area contributed by atoms with Crippen LogP contribution in [0.4, 0.5) is 0 Å². The molecule has 1 saturated heterocycles. The molecular weight excluding hydrogens is 350 g/mol. The minimum absolute atomic E-state index is 0.0592. The molecule has 2 fully saturated rings. The molecule has 1 amide bonds. The normalized spacial score (nSPS) is 25.7. The van der Waals surface area contributed by atoms with Crippen molar-refractivity contribution in [2.45, 2.75) is 43.5 Å². The number of benzene rings is 1. The van der Waals surface area contributed by atoms with Crippen LogP contribution in [0.15, 0.2) is 35.2 Å². The maximum absolute atomic E-state index is 12.6. The van der Waals surface area contributed by atoms with Crippen LogP contribution in [0.2, 0.25) is 0 Å². The first-order valence-electron chi connectivity index (χ1n) is 9.52. The van der Waals surface area contributed by atoms with Crippen molar-refractivity contribution in [3.05, 3.63) is 30.3 Å². The van der Waals surface area contributed by atoms with Gasteiger partial charge >= 0.3 is 0 Å². The third-order valence-electron chi connectivity index (χ3n) is 5.46. The number of nitrogens with zero attached hydrogens (tertiary/aromatic N) is 2. The molecule has 1 heterocycles. The Morgan fingerprint density at radius 2 is 1.65 bits per heavy atom. The van der Waals surface area contributed by atoms with Crippen molar-refractivity contribution in [1.29, 1.82) is 0 Å². The van der Waals surface area contributed by atoms with Crippen molar-refractivity contribution >= 4 is 15.9 Å². The van der Waals surface area contributed by atoms with Crippen molar-refractivity contribution in [3.63, 3.8) is 0 Å². The fraction of sp³-hybridized carbons (Fsp3) is 0.632. The van der Waals surface area contributed by atoms with E-state index in [9.17, 15) is 13.2 Å². The Morgan fingerprint density at radius 1 is 1.04 bits per heavy atom. The van der Waals surface area contributed by atoms with Crippen molar-refractivity contribution in [3.8, 4) is 0 Å². The molecule has 7 heteroatoms. The molecule has 26 heavy (non-hydrogen) atoms. The summed E-state index contributed by atoms with van der Waals surface area (Å²) in [6.07, 6.45) is 4.49. The molecule has 0 atom stereocenters. The lowest BCUT2D eigenvalue weighted by Gasteiger charge is -2.34. The largest absolute Gasteiger partial charge is 0.352 e. The van der Waals surface area contributed by atoms with E-state index in [1.807, 2.05) is 11.0 Å². The number of carbonyl (C=O) groups excluding carboxylic acids is 1. The number of nitrogens with one attached hydrogen (secondary N) is 1. The van der Waals surface area contributed by atoms with Gasteiger partial charge in [0.2, 0.25) is 15.9 Å². The monoisotopic (exact) mass is 379 g/mol. The lowest BCUT2D eigenvalue weighted by atomic mass is 9.87. The summed E-state index contributed by atoms with van der Waals surface area (Å²) in [6, 6.07) is 8.83. The van der Waals surface area contributed by atoms with E-state index in [0.717, 1.165) is 18.8 Å².